The van der Waals surface area contributed by atoms with Gasteiger partial charge in [0.25, 0.3) is 0 Å². The van der Waals surface area contributed by atoms with E-state index in [1.54, 1.807) is 0 Å². The second-order valence-corrected chi connectivity index (χ2v) is 12.1. The van der Waals surface area contributed by atoms with Crippen LogP contribution in [0.3, 0.4) is 0 Å². The van der Waals surface area contributed by atoms with Crippen molar-refractivity contribution in [3.8, 4) is 22.3 Å². The topological polar surface area (TPSA) is 6.48 Å². The molecule has 0 heterocycles. The van der Waals surface area contributed by atoms with Gasteiger partial charge in [-0.3, -0.25) is 0 Å². The predicted molar refractivity (Wildman–Crippen MR) is 215 cm³/mol. The van der Waals surface area contributed by atoms with E-state index in [1.807, 2.05) is 0 Å². The van der Waals surface area contributed by atoms with Gasteiger partial charge in [-0.2, -0.15) is 0 Å². The molecule has 0 unspecified atom stereocenters. The largest absolute Gasteiger partial charge is 0.311 e. The van der Waals surface area contributed by atoms with Gasteiger partial charge in [-0.25, -0.2) is 0 Å². The molecule has 0 aliphatic carbocycles. The maximum absolute atomic E-state index is 2.31. The average Bonchev–Trinajstić information content (AvgIpc) is 3.19. The third kappa shape index (κ3) is 7.06. The van der Waals surface area contributed by atoms with Crippen LogP contribution in [0.25, 0.3) is 27.8 Å². The van der Waals surface area contributed by atoms with Crippen LogP contribution in [0.2, 0.25) is 0 Å². The number of anilines is 6. The van der Waals surface area contributed by atoms with Crippen molar-refractivity contribution in [2.75, 3.05) is 9.80 Å². The van der Waals surface area contributed by atoms with E-state index >= 15 is 0 Å². The number of nitrogens with zero attached hydrogens (tertiary/aromatic N) is 2. The Morgan fingerprint density at radius 3 is 0.980 bits per heavy atom. The summed E-state index contributed by atoms with van der Waals surface area (Å²) in [5.74, 6) is 0. The first kappa shape index (κ1) is 32.2. The Balaban J connectivity index is 1.17. The lowest BCUT2D eigenvalue weighted by Crippen LogP contribution is -2.10. The predicted octanol–water partition coefficient (Wildman–Crippen LogP) is 13.9. The van der Waals surface area contributed by atoms with Crippen LogP contribution in [0.15, 0.2) is 206 Å². The molecular weight excluding hydrogens is 605 g/mol. The Morgan fingerprint density at radius 1 is 0.340 bits per heavy atom. The van der Waals surface area contributed by atoms with E-state index in [2.05, 4.69) is 230 Å². The molecule has 0 saturated carbocycles. The Bertz CT molecular complexity index is 2170. The molecule has 0 aliphatic rings. The zero-order chi connectivity index (χ0) is 34.1. The molecule has 0 aromatic heterocycles. The van der Waals surface area contributed by atoms with Gasteiger partial charge < -0.3 is 9.80 Å². The van der Waals surface area contributed by atoms with Crippen LogP contribution in [0.5, 0.6) is 0 Å². The summed E-state index contributed by atoms with van der Waals surface area (Å²) in [6.07, 6.45) is 6.38. The molecule has 7 aromatic carbocycles. The molecule has 2 heteroatoms. The van der Waals surface area contributed by atoms with E-state index in [4.69, 9.17) is 0 Å². The van der Waals surface area contributed by atoms with Crippen molar-refractivity contribution < 1.29 is 0 Å². The van der Waals surface area contributed by atoms with Crippen molar-refractivity contribution in [1.82, 2.24) is 0 Å². The lowest BCUT2D eigenvalue weighted by molar-refractivity contribution is 1.28. The molecule has 242 valence electrons. The normalized spacial score (nSPS) is 11.4. The first-order valence-electron chi connectivity index (χ1n) is 17.2. The van der Waals surface area contributed by atoms with Gasteiger partial charge in [0, 0.05) is 34.1 Å². The number of rotatable bonds is 10. The van der Waals surface area contributed by atoms with Crippen molar-refractivity contribution in [1.29, 1.82) is 0 Å². The molecule has 7 aromatic rings. The molecule has 0 fully saturated rings. The van der Waals surface area contributed by atoms with Gasteiger partial charge in [0.15, 0.2) is 0 Å². The van der Waals surface area contributed by atoms with Gasteiger partial charge in [-0.15, -0.1) is 0 Å². The fraction of sp³-hybridized carbons (Fsp3) is 0.0417. The van der Waals surface area contributed by atoms with Crippen LogP contribution >= 0.6 is 0 Å². The number of hydrogen-bond donors (Lipinski definition) is 0. The zero-order valence-corrected chi connectivity index (χ0v) is 28.5. The first-order chi connectivity index (χ1) is 24.7. The highest BCUT2D eigenvalue weighted by molar-refractivity contribution is 5.82. The van der Waals surface area contributed by atoms with Crippen molar-refractivity contribution in [3.63, 3.8) is 0 Å². The lowest BCUT2D eigenvalue weighted by Gasteiger charge is -2.26. The third-order valence-electron chi connectivity index (χ3n) is 8.96. The number of benzene rings is 7. The minimum absolute atomic E-state index is 1.11. The second kappa shape index (κ2) is 15.2. The summed E-state index contributed by atoms with van der Waals surface area (Å²) in [6.45, 7) is 4.14. The van der Waals surface area contributed by atoms with E-state index in [9.17, 15) is 0 Å². The Labute approximate surface area is 296 Å². The minimum Gasteiger partial charge on any atom is -0.311 e. The van der Waals surface area contributed by atoms with Gasteiger partial charge in [0.2, 0.25) is 0 Å². The summed E-state index contributed by atoms with van der Waals surface area (Å²) in [6, 6.07) is 67.0. The van der Waals surface area contributed by atoms with Crippen LogP contribution in [0, 0.1) is 0 Å². The van der Waals surface area contributed by atoms with Gasteiger partial charge in [0.1, 0.15) is 0 Å². The Hall–Kier alpha value is -6.38. The Kier molecular flexibility index (Phi) is 9.80. The fourth-order valence-corrected chi connectivity index (χ4v) is 6.43. The average molecular weight is 645 g/mol. The summed E-state index contributed by atoms with van der Waals surface area (Å²) in [4.78, 5) is 4.62. The summed E-state index contributed by atoms with van der Waals surface area (Å²) >= 11 is 0. The highest BCUT2D eigenvalue weighted by Gasteiger charge is 2.15. The molecule has 0 atom stereocenters. The Morgan fingerprint density at radius 2 is 0.640 bits per heavy atom. The van der Waals surface area contributed by atoms with Crippen LogP contribution in [0.4, 0.5) is 34.1 Å². The standard InChI is InChI=1S/C48H40N2/c1-3-14-37(4-2)39-21-29-45(30-22-39)49(43-17-10-6-11-18-43)47-33-25-41(26-34-47)42-27-35-48(36-28-42)50(44-19-12-7-13-20-44)46-31-23-40(24-32-46)38-15-8-5-9-16-38/h3-36H,1-2H3/b14-3-,37-4+. The molecule has 7 rings (SSSR count). The SMILES string of the molecule is C/C=C\C(=C/C)c1ccc(N(c2ccccc2)c2ccc(-c3ccc(N(c4ccccc4)c4ccc(-c5ccccc5)cc4)cc3)cc2)cc1. The van der Waals surface area contributed by atoms with E-state index in [1.165, 1.54) is 33.4 Å². The maximum atomic E-state index is 2.31. The van der Waals surface area contributed by atoms with Crippen LogP contribution in [-0.4, -0.2) is 0 Å². The van der Waals surface area contributed by atoms with E-state index in [0.717, 1.165) is 34.1 Å². The van der Waals surface area contributed by atoms with Crippen LogP contribution in [-0.2, 0) is 0 Å². The van der Waals surface area contributed by atoms with E-state index < -0.39 is 0 Å². The van der Waals surface area contributed by atoms with Gasteiger partial charge in [-0.1, -0.05) is 133 Å². The van der Waals surface area contributed by atoms with Crippen molar-refractivity contribution in [3.05, 3.63) is 212 Å². The van der Waals surface area contributed by atoms with Gasteiger partial charge >= 0.3 is 0 Å². The zero-order valence-electron chi connectivity index (χ0n) is 28.5. The molecule has 0 bridgehead atoms. The molecule has 50 heavy (non-hydrogen) atoms. The van der Waals surface area contributed by atoms with Crippen LogP contribution < -0.4 is 9.80 Å². The fourth-order valence-electron chi connectivity index (χ4n) is 6.43. The lowest BCUT2D eigenvalue weighted by atomic mass is 10.0. The van der Waals surface area contributed by atoms with Crippen molar-refractivity contribution >= 4 is 39.7 Å². The molecular formula is C48H40N2. The summed E-state index contributed by atoms with van der Waals surface area (Å²) in [5.41, 5.74) is 13.9. The molecule has 0 radical (unpaired) electrons. The highest BCUT2D eigenvalue weighted by atomic mass is 15.1. The second-order valence-electron chi connectivity index (χ2n) is 12.1. The highest BCUT2D eigenvalue weighted by Crippen LogP contribution is 2.38. The third-order valence-corrected chi connectivity index (χ3v) is 8.96. The molecule has 0 N–H and O–H groups in total. The molecule has 0 saturated heterocycles. The smallest absolute Gasteiger partial charge is 0.0462 e. The van der Waals surface area contributed by atoms with Gasteiger partial charge in [0.05, 0.1) is 0 Å². The summed E-state index contributed by atoms with van der Waals surface area (Å²) in [5, 5.41) is 0. The summed E-state index contributed by atoms with van der Waals surface area (Å²) < 4.78 is 0. The number of allylic oxidation sites excluding steroid dienone is 4. The number of para-hydroxylation sites is 2. The number of hydrogen-bond acceptors (Lipinski definition) is 2. The van der Waals surface area contributed by atoms with Gasteiger partial charge in [-0.05, 0) is 120 Å². The monoisotopic (exact) mass is 644 g/mol. The summed E-state index contributed by atoms with van der Waals surface area (Å²) in [7, 11) is 0. The van der Waals surface area contributed by atoms with Crippen molar-refractivity contribution in [2.45, 2.75) is 13.8 Å². The minimum atomic E-state index is 1.11. The molecule has 0 aliphatic heterocycles. The van der Waals surface area contributed by atoms with Crippen LogP contribution in [0.1, 0.15) is 19.4 Å². The van der Waals surface area contributed by atoms with E-state index in [-0.39, 0.29) is 0 Å². The molecule has 2 nitrogen and oxygen atoms in total. The maximum Gasteiger partial charge on any atom is 0.0462 e. The quantitative estimate of drug-likeness (QED) is 0.137. The molecule has 0 spiro atoms. The van der Waals surface area contributed by atoms with E-state index in [0.29, 0.717) is 0 Å². The van der Waals surface area contributed by atoms with Crippen molar-refractivity contribution in [2.24, 2.45) is 0 Å². The first-order valence-corrected chi connectivity index (χ1v) is 17.2. The molecule has 0 amide bonds.